The van der Waals surface area contributed by atoms with Crippen LogP contribution < -0.4 is 63.8 Å². The predicted molar refractivity (Wildman–Crippen MR) is 639 cm³/mol. The second-order valence-electron chi connectivity index (χ2n) is 30.8. The van der Waals surface area contributed by atoms with Crippen molar-refractivity contribution in [1.29, 1.82) is 0 Å². The number of aryl methyl sites for hydroxylation is 1. The lowest BCUT2D eigenvalue weighted by Gasteiger charge is -2.20. The Morgan fingerprint density at radius 1 is 0.282 bits per heavy atom. The van der Waals surface area contributed by atoms with Gasteiger partial charge in [0, 0.05) is 18.6 Å². The topological polar surface area (TPSA) is 144 Å². The zero-order chi connectivity index (χ0) is 108. The Hall–Kier alpha value is -2.04. The van der Waals surface area contributed by atoms with Crippen LogP contribution in [0.5, 0.6) is 0 Å². The lowest BCUT2D eigenvalue weighted by Crippen LogP contribution is -2.19. The van der Waals surface area contributed by atoms with Gasteiger partial charge in [-0.3, -0.25) is 0 Å². The summed E-state index contributed by atoms with van der Waals surface area (Å²) in [6, 6.07) is 22.3. The molecule has 1 atom stereocenters. The zero-order valence-corrected chi connectivity index (χ0v) is 104. The smallest absolute Gasteiger partial charge is 0.0202 e. The van der Waals surface area contributed by atoms with Crippen molar-refractivity contribution in [2.24, 2.45) is 35.0 Å². The molecule has 131 heavy (non-hydrogen) atoms. The summed E-state index contributed by atoms with van der Waals surface area (Å²) in [5.41, 5.74) is 3.28. The third-order valence-corrected chi connectivity index (χ3v) is 17.7. The number of hydrogen-bond acceptors (Lipinski definition) is 12. The molecule has 12 nitrogen and oxygen atoms in total. The molecule has 0 amide bonds. The van der Waals surface area contributed by atoms with Gasteiger partial charge in [-0.15, -0.1) is 0 Å². The molecule has 820 valence electrons. The largest absolute Gasteiger partial charge is 0.320 e. The fourth-order valence-electron chi connectivity index (χ4n) is 10.1. The van der Waals surface area contributed by atoms with Gasteiger partial charge in [-0.05, 0) is 267 Å². The summed E-state index contributed by atoms with van der Waals surface area (Å²) in [5.74, 6) is 4.81. The lowest BCUT2D eigenvalue weighted by atomic mass is 9.87. The van der Waals surface area contributed by atoms with E-state index in [-0.39, 0.29) is 0 Å². The molecule has 5 rings (SSSR count). The molecule has 0 radical (unpaired) electrons. The number of hydrogen-bond donors (Lipinski definition) is 12. The van der Waals surface area contributed by atoms with E-state index in [2.05, 4.69) is 224 Å². The molecule has 3 aliphatic carbocycles. The first-order valence-corrected chi connectivity index (χ1v) is 57.4. The molecule has 12 N–H and O–H groups in total. The molecule has 2 aromatic carbocycles. The van der Waals surface area contributed by atoms with E-state index >= 15 is 0 Å². The van der Waals surface area contributed by atoms with Crippen LogP contribution in [-0.4, -0.2) is 156 Å². The van der Waals surface area contributed by atoms with Crippen molar-refractivity contribution in [3.8, 4) is 0 Å². The van der Waals surface area contributed by atoms with Gasteiger partial charge in [0.1, 0.15) is 0 Å². The highest BCUT2D eigenvalue weighted by Crippen LogP contribution is 2.28. The summed E-state index contributed by atoms with van der Waals surface area (Å²) in [6.07, 6.45) is 44.5. The van der Waals surface area contributed by atoms with Gasteiger partial charge >= 0.3 is 0 Å². The van der Waals surface area contributed by atoms with Crippen molar-refractivity contribution in [3.63, 3.8) is 0 Å². The minimum Gasteiger partial charge on any atom is -0.320 e. The van der Waals surface area contributed by atoms with E-state index in [9.17, 15) is 0 Å². The first-order valence-electron chi connectivity index (χ1n) is 57.4. The highest BCUT2D eigenvalue weighted by atomic mass is 14.9. The monoisotopic (exact) mass is 1880 g/mol. The van der Waals surface area contributed by atoms with Crippen LogP contribution in [-0.2, 0) is 13.0 Å². The second kappa shape index (κ2) is 229. The predicted octanol–water partition coefficient (Wildman–Crippen LogP) is 35.5. The Kier molecular flexibility index (Phi) is 328. The van der Waals surface area contributed by atoms with Gasteiger partial charge in [-0.1, -0.05) is 500 Å². The number of unbranched alkanes of at least 4 members (excludes halogenated alkanes) is 6. The molecule has 0 aliphatic heterocycles. The Labute approximate surface area is 844 Å². The molecule has 0 spiro atoms. The maximum Gasteiger partial charge on any atom is 0.0202 e. The molecular formula is C119H284N12. The van der Waals surface area contributed by atoms with Crippen LogP contribution in [0.1, 0.15) is 522 Å². The summed E-state index contributed by atoms with van der Waals surface area (Å²) in [5, 5.41) is 37.2. The van der Waals surface area contributed by atoms with Crippen LogP contribution >= 0.6 is 0 Å². The third-order valence-electron chi connectivity index (χ3n) is 17.7. The van der Waals surface area contributed by atoms with Crippen molar-refractivity contribution in [2.45, 2.75) is 536 Å². The molecule has 3 fully saturated rings. The first-order chi connectivity index (χ1) is 63.5. The minimum absolute atomic E-state index is 0.489. The number of benzene rings is 2. The van der Waals surface area contributed by atoms with Gasteiger partial charge in [0.15, 0.2) is 0 Å². The molecule has 3 aliphatic rings. The number of rotatable bonds is 35. The van der Waals surface area contributed by atoms with E-state index in [1.54, 1.807) is 0 Å². The van der Waals surface area contributed by atoms with Gasteiger partial charge < -0.3 is 63.8 Å². The van der Waals surface area contributed by atoms with E-state index in [0.717, 1.165) is 68.9 Å². The van der Waals surface area contributed by atoms with E-state index in [4.69, 9.17) is 0 Å². The Morgan fingerprint density at radius 3 is 0.748 bits per heavy atom. The van der Waals surface area contributed by atoms with Crippen LogP contribution in [0.2, 0.25) is 0 Å². The van der Waals surface area contributed by atoms with E-state index in [0.29, 0.717) is 17.5 Å². The zero-order valence-electron chi connectivity index (χ0n) is 104. The highest BCUT2D eigenvalue weighted by Gasteiger charge is 2.14. The van der Waals surface area contributed by atoms with Crippen molar-refractivity contribution in [2.75, 3.05) is 143 Å². The molecule has 0 heterocycles. The first kappa shape index (κ1) is 188. The average Bonchev–Trinajstić information content (AvgIpc) is 1.93. The fraction of sp³-hybridized carbons (Fsp3) is 0.899. The van der Waals surface area contributed by atoms with Crippen LogP contribution in [0, 0.1) is 35.0 Å². The van der Waals surface area contributed by atoms with Gasteiger partial charge in [0.2, 0.25) is 0 Å². The van der Waals surface area contributed by atoms with Crippen molar-refractivity contribution >= 4 is 0 Å². The Balaban J connectivity index is -0.0000000448. The molecule has 1 unspecified atom stereocenters. The lowest BCUT2D eigenvalue weighted by molar-refractivity contribution is 0.337. The number of nitrogens with one attached hydrogen (secondary N) is 12. The van der Waals surface area contributed by atoms with Crippen LogP contribution in [0.4, 0.5) is 0 Å². The molecule has 0 aromatic heterocycles. The van der Waals surface area contributed by atoms with E-state index in [1.807, 2.05) is 297 Å². The summed E-state index contributed by atoms with van der Waals surface area (Å²) >= 11 is 0. The minimum atomic E-state index is 0.489. The van der Waals surface area contributed by atoms with Gasteiger partial charge in [-0.25, -0.2) is 0 Å². The quantitative estimate of drug-likeness (QED) is 0.0299. The summed E-state index contributed by atoms with van der Waals surface area (Å²) in [6.45, 7) is 105. The van der Waals surface area contributed by atoms with Crippen LogP contribution in [0.3, 0.4) is 0 Å². The normalized spacial score (nSPS) is 11.1. The van der Waals surface area contributed by atoms with Gasteiger partial charge in [0.05, 0.1) is 0 Å². The summed E-state index contributed by atoms with van der Waals surface area (Å²) in [4.78, 5) is 0. The maximum absolute atomic E-state index is 3.21. The molecule has 0 bridgehead atoms. The Bertz CT molecular complexity index is 1570. The molecule has 0 saturated heterocycles. The molecule has 12 heteroatoms. The van der Waals surface area contributed by atoms with Crippen molar-refractivity contribution in [3.05, 3.63) is 71.8 Å². The van der Waals surface area contributed by atoms with Crippen molar-refractivity contribution in [1.82, 2.24) is 63.8 Å². The van der Waals surface area contributed by atoms with Crippen LogP contribution in [0.15, 0.2) is 60.7 Å². The molecule has 3 saturated carbocycles. The maximum atomic E-state index is 3.21. The van der Waals surface area contributed by atoms with Gasteiger partial charge in [0.25, 0.3) is 0 Å². The van der Waals surface area contributed by atoms with E-state index in [1.165, 1.54) is 243 Å². The standard InChI is InChI=1S/C10H14.C9H19N.C8H17N.C8H11N.C8H16.C7H17N.3C6H15N.3C5H13N.2C4H11N.14C2H6/c1-2-3-7-10-8-5-4-6-9-10;1-10-8-7-9-5-3-2-4-6-9;1-9-7-6-8-4-2-3-5-8;1-9-7-8-5-3-2-4-6-8;1-2-8-6-4-3-5-7-8;1-7(2,3)5-6-8-4;1-6(2)4-5-7-3;2*1-3-4-5-6-7-2;1-5(2)4-6-3;1-4-5(2)6-3;1-3-4-5-6-2;1-4(2)5-3;1-3-4-5-2;14*1-2/h4-6,8-9H,2-3,7H2,1H3;9-10H,2-8H2,1H3;8-9H,2-7H2,1H3;2-6,9H,7H2,1H3;8H,2-7H2,1H3;8H,5-6H2,1-4H3;6-7H,4-5H2,1-3H3;2*7H,3-6H2,1-2H3;2*5-6H,4H2,1-3H3;6H,3-5H2,1-2H3;4-5H,1-3H3;5H,3-4H2,1-2H3;14*1-2H3. The summed E-state index contributed by atoms with van der Waals surface area (Å²) < 4.78 is 0. The second-order valence-corrected chi connectivity index (χ2v) is 30.8. The highest BCUT2D eigenvalue weighted by molar-refractivity contribution is 5.15. The van der Waals surface area contributed by atoms with Gasteiger partial charge in [-0.2, -0.15) is 0 Å². The van der Waals surface area contributed by atoms with Crippen molar-refractivity contribution < 1.29 is 0 Å². The summed E-state index contributed by atoms with van der Waals surface area (Å²) in [7, 11) is 23.8. The van der Waals surface area contributed by atoms with E-state index < -0.39 is 0 Å². The SMILES string of the molecule is CC.CC.CC.CC.CC.CC.CC.CC.CC.CC.CC.CC.CC.CC.CCC(C)NC.CCC1CCCCC1.CCCCCNC.CCCCCNC.CCCCNC.CCCCc1ccccc1.CCCNC.CNC(C)C.CNCC(C)C.CNCCC(C)(C)C.CNCCC(C)C.CNCCC1CCCC1.CNCCC1CCCCC1.CNCc1ccccc1. The van der Waals surface area contributed by atoms with Crippen LogP contribution in [0.25, 0.3) is 0 Å². The Morgan fingerprint density at radius 2 is 0.573 bits per heavy atom. The molecule has 2 aromatic rings. The third kappa shape index (κ3) is 281. The fourth-order valence-corrected chi connectivity index (χ4v) is 10.1. The average molecular weight is 1880 g/mol. The molecular weight excluding hydrogens is 1600 g/mol.